The van der Waals surface area contributed by atoms with Crippen molar-refractivity contribution in [2.45, 2.75) is 12.6 Å². The molecule has 0 spiro atoms. The molecule has 1 aromatic heterocycles. The Morgan fingerprint density at radius 3 is 2.35 bits per heavy atom. The molecule has 1 aromatic carbocycles. The Labute approximate surface area is 130 Å². The van der Waals surface area contributed by atoms with Gasteiger partial charge in [0.1, 0.15) is 6.04 Å². The molecule has 4 nitrogen and oxygen atoms in total. The van der Waals surface area contributed by atoms with Crippen LogP contribution in [0.25, 0.3) is 0 Å². The van der Waals surface area contributed by atoms with E-state index in [1.165, 1.54) is 0 Å². The zero-order valence-electron chi connectivity index (χ0n) is 10.7. The van der Waals surface area contributed by atoms with Crippen molar-refractivity contribution in [1.29, 1.82) is 0 Å². The largest absolute Gasteiger partial charge is 0.349 e. The lowest BCUT2D eigenvalue weighted by Gasteiger charge is -2.12. The molecule has 0 saturated carbocycles. The van der Waals surface area contributed by atoms with Gasteiger partial charge in [-0.05, 0) is 17.7 Å². The third-order valence-electron chi connectivity index (χ3n) is 2.61. The van der Waals surface area contributed by atoms with E-state index in [0.717, 1.165) is 11.3 Å². The van der Waals surface area contributed by atoms with Crippen molar-refractivity contribution in [3.8, 4) is 0 Å². The molecule has 0 fully saturated rings. The number of amides is 1. The Balaban J connectivity index is 0.00000180. The van der Waals surface area contributed by atoms with Gasteiger partial charge >= 0.3 is 0 Å². The number of nitrogens with two attached hydrogens (primary N) is 1. The highest BCUT2D eigenvalue weighted by Crippen LogP contribution is 2.09. The number of nitrogens with zero attached hydrogens (tertiary/aromatic N) is 1. The summed E-state index contributed by atoms with van der Waals surface area (Å²) in [4.78, 5) is 16.0. The summed E-state index contributed by atoms with van der Waals surface area (Å²) < 4.78 is 0. The van der Waals surface area contributed by atoms with Crippen LogP contribution in [0.5, 0.6) is 0 Å². The molecular formula is C14H17Cl2N3O. The Bertz CT molecular complexity index is 508. The van der Waals surface area contributed by atoms with Crippen LogP contribution in [-0.4, -0.2) is 10.9 Å². The molecule has 0 aliphatic rings. The van der Waals surface area contributed by atoms with E-state index in [4.69, 9.17) is 5.73 Å². The van der Waals surface area contributed by atoms with E-state index in [-0.39, 0.29) is 30.7 Å². The molecule has 6 heteroatoms. The second-order valence-corrected chi connectivity index (χ2v) is 3.93. The number of aromatic nitrogens is 1. The van der Waals surface area contributed by atoms with Gasteiger partial charge in [-0.1, -0.05) is 36.4 Å². The van der Waals surface area contributed by atoms with E-state index >= 15 is 0 Å². The Kier molecular flexibility index (Phi) is 8.56. The predicted octanol–water partition coefficient (Wildman–Crippen LogP) is 2.24. The van der Waals surface area contributed by atoms with Gasteiger partial charge in [-0.3, -0.25) is 9.78 Å². The summed E-state index contributed by atoms with van der Waals surface area (Å²) in [7, 11) is 0. The number of benzene rings is 1. The maximum atomic E-state index is 11.9. The smallest absolute Gasteiger partial charge is 0.241 e. The SMILES string of the molecule is Cl.Cl.N[C@H](C(=O)NCc1ccccn1)c1ccccc1. The minimum Gasteiger partial charge on any atom is -0.349 e. The highest BCUT2D eigenvalue weighted by Gasteiger charge is 2.14. The lowest BCUT2D eigenvalue weighted by atomic mass is 10.1. The first-order valence-corrected chi connectivity index (χ1v) is 5.75. The maximum Gasteiger partial charge on any atom is 0.241 e. The molecule has 0 unspecified atom stereocenters. The predicted molar refractivity (Wildman–Crippen MR) is 84.0 cm³/mol. The van der Waals surface area contributed by atoms with Crippen LogP contribution in [0.4, 0.5) is 0 Å². The summed E-state index contributed by atoms with van der Waals surface area (Å²) in [5, 5.41) is 2.77. The monoisotopic (exact) mass is 313 g/mol. The van der Waals surface area contributed by atoms with Crippen LogP contribution in [0.2, 0.25) is 0 Å². The van der Waals surface area contributed by atoms with Gasteiger partial charge in [0.15, 0.2) is 0 Å². The second kappa shape index (κ2) is 9.31. The second-order valence-electron chi connectivity index (χ2n) is 3.93. The average molecular weight is 314 g/mol. The molecule has 20 heavy (non-hydrogen) atoms. The van der Waals surface area contributed by atoms with Crippen LogP contribution in [0.3, 0.4) is 0 Å². The van der Waals surface area contributed by atoms with Crippen LogP contribution in [0.15, 0.2) is 54.7 Å². The van der Waals surface area contributed by atoms with E-state index in [1.54, 1.807) is 6.20 Å². The lowest BCUT2D eigenvalue weighted by molar-refractivity contribution is -0.122. The maximum absolute atomic E-state index is 11.9. The third-order valence-corrected chi connectivity index (χ3v) is 2.61. The Morgan fingerprint density at radius 1 is 1.10 bits per heavy atom. The van der Waals surface area contributed by atoms with Gasteiger partial charge in [0.25, 0.3) is 0 Å². The number of halogens is 2. The molecule has 2 aromatic rings. The van der Waals surface area contributed by atoms with Gasteiger partial charge in [0.2, 0.25) is 5.91 Å². The zero-order chi connectivity index (χ0) is 12.8. The molecule has 0 saturated heterocycles. The van der Waals surface area contributed by atoms with Gasteiger partial charge in [0, 0.05) is 6.20 Å². The standard InChI is InChI=1S/C14H15N3O.2ClH/c15-13(11-6-2-1-3-7-11)14(18)17-10-12-8-4-5-9-16-12;;/h1-9,13H,10,15H2,(H,17,18);2*1H/t13-;;/m0../s1. The van der Waals surface area contributed by atoms with Crippen molar-refractivity contribution >= 4 is 30.7 Å². The third kappa shape index (κ3) is 5.17. The molecule has 3 N–H and O–H groups in total. The van der Waals surface area contributed by atoms with Crippen molar-refractivity contribution in [2.24, 2.45) is 5.73 Å². The molecule has 0 aliphatic carbocycles. The summed E-state index contributed by atoms with van der Waals surface area (Å²) in [5.74, 6) is -0.202. The highest BCUT2D eigenvalue weighted by atomic mass is 35.5. The molecule has 108 valence electrons. The van der Waals surface area contributed by atoms with E-state index in [0.29, 0.717) is 6.54 Å². The van der Waals surface area contributed by atoms with E-state index < -0.39 is 6.04 Å². The summed E-state index contributed by atoms with van der Waals surface area (Å²) in [6.45, 7) is 0.389. The minimum absolute atomic E-state index is 0. The van der Waals surface area contributed by atoms with E-state index in [2.05, 4.69) is 10.3 Å². The summed E-state index contributed by atoms with van der Waals surface area (Å²) in [6, 6.07) is 14.2. The fraction of sp³-hybridized carbons (Fsp3) is 0.143. The average Bonchev–Trinajstić information content (AvgIpc) is 2.46. The van der Waals surface area contributed by atoms with Crippen molar-refractivity contribution < 1.29 is 4.79 Å². The summed E-state index contributed by atoms with van der Waals surface area (Å²) in [6.07, 6.45) is 1.69. The number of rotatable bonds is 4. The van der Waals surface area contributed by atoms with Crippen LogP contribution >= 0.6 is 24.8 Å². The van der Waals surface area contributed by atoms with E-state index in [1.807, 2.05) is 48.5 Å². The number of nitrogens with one attached hydrogen (secondary N) is 1. The normalized spacial score (nSPS) is 10.7. The molecular weight excluding hydrogens is 297 g/mol. The topological polar surface area (TPSA) is 68.0 Å². The van der Waals surface area contributed by atoms with Crippen molar-refractivity contribution in [3.63, 3.8) is 0 Å². The fourth-order valence-corrected chi connectivity index (χ4v) is 1.60. The van der Waals surface area contributed by atoms with Crippen LogP contribution in [0, 0.1) is 0 Å². The first-order chi connectivity index (χ1) is 8.77. The number of carbonyl (C=O) groups is 1. The minimum atomic E-state index is -0.644. The Morgan fingerprint density at radius 2 is 1.75 bits per heavy atom. The number of carbonyl (C=O) groups excluding carboxylic acids is 1. The highest BCUT2D eigenvalue weighted by molar-refractivity contribution is 5.85. The van der Waals surface area contributed by atoms with Crippen molar-refractivity contribution in [1.82, 2.24) is 10.3 Å². The lowest BCUT2D eigenvalue weighted by Crippen LogP contribution is -2.33. The van der Waals surface area contributed by atoms with Crippen molar-refractivity contribution in [2.75, 3.05) is 0 Å². The molecule has 0 bridgehead atoms. The zero-order valence-corrected chi connectivity index (χ0v) is 12.4. The fourth-order valence-electron chi connectivity index (χ4n) is 1.60. The first-order valence-electron chi connectivity index (χ1n) is 5.75. The molecule has 1 amide bonds. The van der Waals surface area contributed by atoms with E-state index in [9.17, 15) is 4.79 Å². The number of hydrogen-bond acceptors (Lipinski definition) is 3. The first kappa shape index (κ1) is 18.4. The van der Waals surface area contributed by atoms with Crippen molar-refractivity contribution in [3.05, 3.63) is 66.0 Å². The summed E-state index contributed by atoms with van der Waals surface area (Å²) in [5.41, 5.74) is 7.48. The molecule has 1 heterocycles. The molecule has 0 aliphatic heterocycles. The quantitative estimate of drug-likeness (QED) is 0.909. The molecule has 2 rings (SSSR count). The van der Waals surface area contributed by atoms with Gasteiger partial charge in [-0.25, -0.2) is 0 Å². The van der Waals surface area contributed by atoms with Crippen LogP contribution in [0.1, 0.15) is 17.3 Å². The summed E-state index contributed by atoms with van der Waals surface area (Å²) >= 11 is 0. The van der Waals surface area contributed by atoms with Gasteiger partial charge < -0.3 is 11.1 Å². The molecule has 1 atom stereocenters. The van der Waals surface area contributed by atoms with Crippen LogP contribution < -0.4 is 11.1 Å². The Hall–Kier alpha value is -1.62. The van der Waals surface area contributed by atoms with Gasteiger partial charge in [-0.2, -0.15) is 0 Å². The molecule has 0 radical (unpaired) electrons. The van der Waals surface area contributed by atoms with Gasteiger partial charge in [0.05, 0.1) is 12.2 Å². The van der Waals surface area contributed by atoms with Gasteiger partial charge in [-0.15, -0.1) is 24.8 Å². The number of hydrogen-bond donors (Lipinski definition) is 2. The van der Waals surface area contributed by atoms with Crippen LogP contribution in [-0.2, 0) is 11.3 Å². The number of pyridine rings is 1.